The van der Waals surface area contributed by atoms with E-state index in [1.54, 1.807) is 12.1 Å². The molecular weight excluding hydrogens is 264 g/mol. The lowest BCUT2D eigenvalue weighted by molar-refractivity contribution is 0.422. The number of hydrogen-bond acceptors (Lipinski definition) is 5. The van der Waals surface area contributed by atoms with Gasteiger partial charge >= 0.3 is 0 Å². The molecule has 5 heteroatoms. The van der Waals surface area contributed by atoms with Gasteiger partial charge in [0.25, 0.3) is 5.89 Å². The molecule has 0 fully saturated rings. The number of nitrogens with two attached hydrogens (primary N) is 1. The van der Waals surface area contributed by atoms with Crippen molar-refractivity contribution in [3.63, 3.8) is 0 Å². The van der Waals surface area contributed by atoms with Crippen LogP contribution in [0.1, 0.15) is 22.5 Å². The largest absolute Gasteiger partial charge is 0.384 e. The van der Waals surface area contributed by atoms with E-state index in [0.717, 1.165) is 0 Å². The summed E-state index contributed by atoms with van der Waals surface area (Å²) >= 11 is 0. The van der Waals surface area contributed by atoms with E-state index in [1.165, 1.54) is 16.7 Å². The number of anilines is 1. The summed E-state index contributed by atoms with van der Waals surface area (Å²) in [4.78, 5) is 8.55. The van der Waals surface area contributed by atoms with E-state index in [-0.39, 0.29) is 0 Å². The molecular formula is C16H16N4O. The normalized spacial score (nSPS) is 10.8. The quantitative estimate of drug-likeness (QED) is 0.798. The van der Waals surface area contributed by atoms with Crippen molar-refractivity contribution in [3.8, 4) is 11.6 Å². The molecule has 5 nitrogen and oxygen atoms in total. The number of nitrogen functional groups attached to an aromatic ring is 1. The molecule has 3 rings (SSSR count). The maximum absolute atomic E-state index is 5.66. The van der Waals surface area contributed by atoms with Gasteiger partial charge in [0.1, 0.15) is 11.5 Å². The predicted octanol–water partition coefficient (Wildman–Crippen LogP) is 2.92. The number of hydrogen-bond donors (Lipinski definition) is 1. The second-order valence-electron chi connectivity index (χ2n) is 5.14. The van der Waals surface area contributed by atoms with Gasteiger partial charge in [-0.15, -0.1) is 0 Å². The van der Waals surface area contributed by atoms with E-state index in [9.17, 15) is 0 Å². The summed E-state index contributed by atoms with van der Waals surface area (Å²) in [6.45, 7) is 4.16. The Morgan fingerprint density at radius 3 is 2.52 bits per heavy atom. The molecule has 21 heavy (non-hydrogen) atoms. The first-order valence-electron chi connectivity index (χ1n) is 6.73. The third-order valence-electron chi connectivity index (χ3n) is 3.10. The second kappa shape index (κ2) is 5.36. The van der Waals surface area contributed by atoms with E-state index in [1.807, 2.05) is 6.07 Å². The Hall–Kier alpha value is -2.69. The minimum atomic E-state index is 0.390. The lowest BCUT2D eigenvalue weighted by Crippen LogP contribution is -1.94. The molecule has 0 aliphatic carbocycles. The van der Waals surface area contributed by atoms with Crippen LogP contribution in [0.15, 0.2) is 40.9 Å². The minimum absolute atomic E-state index is 0.390. The smallest absolute Gasteiger partial charge is 0.276 e. The van der Waals surface area contributed by atoms with Gasteiger partial charge in [-0.1, -0.05) is 40.5 Å². The van der Waals surface area contributed by atoms with Crippen LogP contribution >= 0.6 is 0 Å². The molecule has 2 N–H and O–H groups in total. The molecule has 1 aromatic carbocycles. The van der Waals surface area contributed by atoms with Crippen LogP contribution in [0.3, 0.4) is 0 Å². The van der Waals surface area contributed by atoms with Crippen LogP contribution in [-0.2, 0) is 6.42 Å². The van der Waals surface area contributed by atoms with Crippen LogP contribution in [0.4, 0.5) is 5.82 Å². The van der Waals surface area contributed by atoms with Crippen LogP contribution in [0, 0.1) is 13.8 Å². The SMILES string of the molecule is Cc1cc(C)cc(Cc2noc(-c3cccc(N)n3)n2)c1. The Bertz CT molecular complexity index is 759. The third kappa shape index (κ3) is 3.08. The van der Waals surface area contributed by atoms with Crippen molar-refractivity contribution in [1.82, 2.24) is 15.1 Å². The number of aromatic nitrogens is 3. The van der Waals surface area contributed by atoms with Crippen molar-refractivity contribution in [2.75, 3.05) is 5.73 Å². The van der Waals surface area contributed by atoms with Gasteiger partial charge in [-0.05, 0) is 31.5 Å². The molecule has 0 atom stereocenters. The van der Waals surface area contributed by atoms with Gasteiger partial charge in [-0.3, -0.25) is 0 Å². The first-order valence-corrected chi connectivity index (χ1v) is 6.73. The average Bonchev–Trinajstić information content (AvgIpc) is 2.86. The lowest BCUT2D eigenvalue weighted by Gasteiger charge is -2.01. The zero-order valence-corrected chi connectivity index (χ0v) is 12.0. The van der Waals surface area contributed by atoms with Crippen molar-refractivity contribution in [1.29, 1.82) is 0 Å². The molecule has 0 saturated carbocycles. The highest BCUT2D eigenvalue weighted by molar-refractivity contribution is 5.50. The Kier molecular flexibility index (Phi) is 3.39. The average molecular weight is 280 g/mol. The summed E-state index contributed by atoms with van der Waals surface area (Å²) in [6.07, 6.45) is 0.633. The Labute approximate surface area is 122 Å². The topological polar surface area (TPSA) is 77.8 Å². The molecule has 0 bridgehead atoms. The first-order chi connectivity index (χ1) is 10.1. The first kappa shape index (κ1) is 13.3. The highest BCUT2D eigenvalue weighted by atomic mass is 16.5. The van der Waals surface area contributed by atoms with Crippen molar-refractivity contribution in [2.24, 2.45) is 0 Å². The van der Waals surface area contributed by atoms with Crippen LogP contribution in [-0.4, -0.2) is 15.1 Å². The number of aryl methyl sites for hydroxylation is 2. The summed E-state index contributed by atoms with van der Waals surface area (Å²) in [7, 11) is 0. The van der Waals surface area contributed by atoms with Gasteiger partial charge in [0.05, 0.1) is 0 Å². The zero-order valence-electron chi connectivity index (χ0n) is 12.0. The van der Waals surface area contributed by atoms with Crippen LogP contribution in [0.25, 0.3) is 11.6 Å². The van der Waals surface area contributed by atoms with E-state index in [0.29, 0.717) is 29.6 Å². The molecule has 0 amide bonds. The van der Waals surface area contributed by atoms with E-state index >= 15 is 0 Å². The molecule has 0 aliphatic heterocycles. The van der Waals surface area contributed by atoms with Crippen LogP contribution in [0.5, 0.6) is 0 Å². The monoisotopic (exact) mass is 280 g/mol. The van der Waals surface area contributed by atoms with Gasteiger partial charge in [0.2, 0.25) is 0 Å². The van der Waals surface area contributed by atoms with Crippen molar-refractivity contribution in [2.45, 2.75) is 20.3 Å². The molecule has 106 valence electrons. The van der Waals surface area contributed by atoms with Crippen molar-refractivity contribution >= 4 is 5.82 Å². The van der Waals surface area contributed by atoms with Gasteiger partial charge < -0.3 is 10.3 Å². The van der Waals surface area contributed by atoms with Crippen LogP contribution < -0.4 is 5.73 Å². The van der Waals surface area contributed by atoms with Crippen LogP contribution in [0.2, 0.25) is 0 Å². The highest BCUT2D eigenvalue weighted by Crippen LogP contribution is 2.17. The number of pyridine rings is 1. The summed E-state index contributed by atoms with van der Waals surface area (Å²) < 4.78 is 5.26. The summed E-state index contributed by atoms with van der Waals surface area (Å²) in [5, 5.41) is 4.01. The highest BCUT2D eigenvalue weighted by Gasteiger charge is 2.11. The maximum Gasteiger partial charge on any atom is 0.276 e. The van der Waals surface area contributed by atoms with Crippen molar-refractivity contribution < 1.29 is 4.52 Å². The molecule has 0 radical (unpaired) electrons. The fourth-order valence-corrected chi connectivity index (χ4v) is 2.35. The Morgan fingerprint density at radius 1 is 1.05 bits per heavy atom. The minimum Gasteiger partial charge on any atom is -0.384 e. The van der Waals surface area contributed by atoms with Gasteiger partial charge in [0.15, 0.2) is 5.82 Å². The summed E-state index contributed by atoms with van der Waals surface area (Å²) in [5.74, 6) is 1.46. The predicted molar refractivity (Wildman–Crippen MR) is 80.7 cm³/mol. The molecule has 0 saturated heterocycles. The molecule has 0 unspecified atom stereocenters. The van der Waals surface area contributed by atoms with E-state index in [4.69, 9.17) is 10.3 Å². The fraction of sp³-hybridized carbons (Fsp3) is 0.188. The lowest BCUT2D eigenvalue weighted by atomic mass is 10.1. The number of nitrogens with zero attached hydrogens (tertiary/aromatic N) is 3. The van der Waals surface area contributed by atoms with E-state index < -0.39 is 0 Å². The standard InChI is InChI=1S/C16H16N4O/c1-10-6-11(2)8-12(7-10)9-15-19-16(21-20-15)13-4-3-5-14(17)18-13/h3-8H,9H2,1-2H3,(H2,17,18). The maximum atomic E-state index is 5.66. The second-order valence-corrected chi connectivity index (χ2v) is 5.14. The molecule has 2 heterocycles. The Morgan fingerprint density at radius 2 is 1.81 bits per heavy atom. The molecule has 0 aliphatic rings. The van der Waals surface area contributed by atoms with Crippen molar-refractivity contribution in [3.05, 3.63) is 58.9 Å². The summed E-state index contributed by atoms with van der Waals surface area (Å²) in [6, 6.07) is 11.7. The van der Waals surface area contributed by atoms with Gasteiger partial charge in [-0.2, -0.15) is 4.98 Å². The van der Waals surface area contributed by atoms with Gasteiger partial charge in [-0.25, -0.2) is 4.98 Å². The molecule has 3 aromatic rings. The van der Waals surface area contributed by atoms with E-state index in [2.05, 4.69) is 47.2 Å². The number of rotatable bonds is 3. The van der Waals surface area contributed by atoms with Gasteiger partial charge in [0, 0.05) is 6.42 Å². The fourth-order valence-electron chi connectivity index (χ4n) is 2.35. The molecule has 0 spiro atoms. The number of benzene rings is 1. The molecule has 2 aromatic heterocycles. The summed E-state index contributed by atoms with van der Waals surface area (Å²) in [5.41, 5.74) is 9.87. The third-order valence-corrected chi connectivity index (χ3v) is 3.10. The zero-order chi connectivity index (χ0) is 14.8. The Balaban J connectivity index is 1.85.